The largest absolute Gasteiger partial charge is 0.397 e. The molecule has 0 spiro atoms. The van der Waals surface area contributed by atoms with Crippen LogP contribution in [0, 0.1) is 6.92 Å². The van der Waals surface area contributed by atoms with Gasteiger partial charge >= 0.3 is 0 Å². The van der Waals surface area contributed by atoms with Gasteiger partial charge < -0.3 is 11.1 Å². The summed E-state index contributed by atoms with van der Waals surface area (Å²) < 4.78 is 0. The first-order valence-corrected chi connectivity index (χ1v) is 7.46. The van der Waals surface area contributed by atoms with Gasteiger partial charge in [-0.25, -0.2) is 4.98 Å². The Morgan fingerprint density at radius 1 is 1.38 bits per heavy atom. The highest BCUT2D eigenvalue weighted by molar-refractivity contribution is 7.21. The molecule has 3 aromatic rings. The number of carbonyl (C=O) groups excluding carboxylic acids is 1. The van der Waals surface area contributed by atoms with Gasteiger partial charge in [0.15, 0.2) is 0 Å². The smallest absolute Gasteiger partial charge is 0.267 e. The Balaban J connectivity index is 1.93. The topological polar surface area (TPSA) is 68.0 Å². The van der Waals surface area contributed by atoms with Crippen molar-refractivity contribution in [1.82, 2.24) is 4.98 Å². The second kappa shape index (κ2) is 5.35. The maximum absolute atomic E-state index is 12.3. The number of halogens is 1. The zero-order valence-corrected chi connectivity index (χ0v) is 12.8. The molecule has 2 heterocycles. The van der Waals surface area contributed by atoms with E-state index in [0.717, 1.165) is 15.8 Å². The van der Waals surface area contributed by atoms with Gasteiger partial charge in [-0.3, -0.25) is 4.79 Å². The van der Waals surface area contributed by atoms with Crippen LogP contribution in [0.5, 0.6) is 0 Å². The SMILES string of the molecule is Cc1ccc(NC(=O)c2sc3ncccc3c2N)cc1Cl. The molecule has 21 heavy (non-hydrogen) atoms. The lowest BCUT2D eigenvalue weighted by atomic mass is 10.2. The van der Waals surface area contributed by atoms with Crippen LogP contribution < -0.4 is 11.1 Å². The predicted molar refractivity (Wildman–Crippen MR) is 88.2 cm³/mol. The number of carbonyl (C=O) groups is 1. The lowest BCUT2D eigenvalue weighted by molar-refractivity contribution is 0.103. The number of hydrogen-bond donors (Lipinski definition) is 2. The minimum Gasteiger partial charge on any atom is -0.397 e. The van der Waals surface area contributed by atoms with E-state index in [2.05, 4.69) is 10.3 Å². The second-order valence-corrected chi connectivity index (χ2v) is 6.03. The summed E-state index contributed by atoms with van der Waals surface area (Å²) in [6.45, 7) is 1.91. The van der Waals surface area contributed by atoms with Crippen LogP contribution in [0.3, 0.4) is 0 Å². The fourth-order valence-electron chi connectivity index (χ4n) is 1.98. The zero-order chi connectivity index (χ0) is 15.0. The summed E-state index contributed by atoms with van der Waals surface area (Å²) in [6.07, 6.45) is 1.68. The van der Waals surface area contributed by atoms with E-state index in [9.17, 15) is 4.79 Å². The number of aromatic nitrogens is 1. The van der Waals surface area contributed by atoms with E-state index < -0.39 is 0 Å². The number of nitrogen functional groups attached to an aromatic ring is 1. The van der Waals surface area contributed by atoms with E-state index in [1.165, 1.54) is 11.3 Å². The van der Waals surface area contributed by atoms with Gasteiger partial charge in [-0.2, -0.15) is 0 Å². The molecule has 3 N–H and O–H groups in total. The van der Waals surface area contributed by atoms with Crippen molar-refractivity contribution >= 4 is 50.4 Å². The first-order valence-electron chi connectivity index (χ1n) is 6.27. The number of benzene rings is 1. The van der Waals surface area contributed by atoms with E-state index >= 15 is 0 Å². The third-order valence-corrected chi connectivity index (χ3v) is 4.68. The number of nitrogens with two attached hydrogens (primary N) is 1. The summed E-state index contributed by atoms with van der Waals surface area (Å²) in [5, 5.41) is 4.22. The maximum atomic E-state index is 12.3. The van der Waals surface area contributed by atoms with Crippen LogP contribution in [-0.4, -0.2) is 10.9 Å². The van der Waals surface area contributed by atoms with Crippen LogP contribution >= 0.6 is 22.9 Å². The monoisotopic (exact) mass is 317 g/mol. The minimum absolute atomic E-state index is 0.254. The number of amides is 1. The summed E-state index contributed by atoms with van der Waals surface area (Å²) in [6, 6.07) is 9.03. The highest BCUT2D eigenvalue weighted by atomic mass is 35.5. The molecule has 0 atom stereocenters. The molecule has 2 aromatic heterocycles. The number of nitrogens with one attached hydrogen (secondary N) is 1. The molecule has 4 nitrogen and oxygen atoms in total. The summed E-state index contributed by atoms with van der Waals surface area (Å²) >= 11 is 7.33. The van der Waals surface area contributed by atoms with Crippen molar-refractivity contribution in [2.75, 3.05) is 11.1 Å². The van der Waals surface area contributed by atoms with E-state index in [-0.39, 0.29) is 5.91 Å². The summed E-state index contributed by atoms with van der Waals surface area (Å²) in [5.74, 6) is -0.254. The number of anilines is 2. The average Bonchev–Trinajstić information content (AvgIpc) is 2.81. The molecule has 106 valence electrons. The van der Waals surface area contributed by atoms with Gasteiger partial charge in [-0.05, 0) is 36.8 Å². The Labute approximate surface area is 130 Å². The molecule has 0 radical (unpaired) electrons. The number of aryl methyl sites for hydroxylation is 1. The second-order valence-electron chi connectivity index (χ2n) is 4.62. The van der Waals surface area contributed by atoms with Crippen molar-refractivity contribution < 1.29 is 4.79 Å². The molecule has 0 aliphatic carbocycles. The molecular weight excluding hydrogens is 306 g/mol. The van der Waals surface area contributed by atoms with Gasteiger partial charge in [0.1, 0.15) is 9.71 Å². The van der Waals surface area contributed by atoms with Crippen LogP contribution in [0.15, 0.2) is 36.5 Å². The van der Waals surface area contributed by atoms with Crippen molar-refractivity contribution in [3.05, 3.63) is 52.0 Å². The lowest BCUT2D eigenvalue weighted by Gasteiger charge is -2.06. The van der Waals surface area contributed by atoms with Crippen molar-refractivity contribution in [1.29, 1.82) is 0 Å². The predicted octanol–water partition coefficient (Wildman–Crippen LogP) is 4.09. The Morgan fingerprint density at radius 2 is 2.19 bits per heavy atom. The summed E-state index contributed by atoms with van der Waals surface area (Å²) in [5.41, 5.74) is 8.09. The van der Waals surface area contributed by atoms with Crippen LogP contribution in [0.25, 0.3) is 10.2 Å². The molecule has 0 saturated carbocycles. The van der Waals surface area contributed by atoms with Gasteiger partial charge in [0, 0.05) is 22.3 Å². The molecule has 0 saturated heterocycles. The van der Waals surface area contributed by atoms with E-state index in [4.69, 9.17) is 17.3 Å². The Bertz CT molecular complexity index is 844. The summed E-state index contributed by atoms with van der Waals surface area (Å²) in [4.78, 5) is 17.8. The number of thiophene rings is 1. The fourth-order valence-corrected chi connectivity index (χ4v) is 3.12. The Morgan fingerprint density at radius 3 is 2.90 bits per heavy atom. The number of rotatable bonds is 2. The van der Waals surface area contributed by atoms with Gasteiger partial charge in [0.25, 0.3) is 5.91 Å². The average molecular weight is 318 g/mol. The van der Waals surface area contributed by atoms with E-state index in [0.29, 0.717) is 21.3 Å². The molecule has 1 aromatic carbocycles. The molecular formula is C15H12ClN3OS. The number of fused-ring (bicyclic) bond motifs is 1. The van der Waals surface area contributed by atoms with Crippen LogP contribution in [0.2, 0.25) is 5.02 Å². The first-order chi connectivity index (χ1) is 10.1. The Kier molecular flexibility index (Phi) is 3.53. The number of hydrogen-bond acceptors (Lipinski definition) is 4. The quantitative estimate of drug-likeness (QED) is 0.748. The van der Waals surface area contributed by atoms with Gasteiger partial charge in [0.2, 0.25) is 0 Å². The minimum atomic E-state index is -0.254. The normalized spacial score (nSPS) is 10.8. The first kappa shape index (κ1) is 13.9. The Hall–Kier alpha value is -2.11. The lowest BCUT2D eigenvalue weighted by Crippen LogP contribution is -2.11. The van der Waals surface area contributed by atoms with Crippen LogP contribution in [-0.2, 0) is 0 Å². The molecule has 0 fully saturated rings. The van der Waals surface area contributed by atoms with Crippen molar-refractivity contribution in [2.24, 2.45) is 0 Å². The molecule has 1 amide bonds. The van der Waals surface area contributed by atoms with Crippen molar-refractivity contribution in [2.45, 2.75) is 6.92 Å². The molecule has 0 bridgehead atoms. The molecule has 0 unspecified atom stereocenters. The molecule has 6 heteroatoms. The van der Waals surface area contributed by atoms with Gasteiger partial charge in [-0.1, -0.05) is 17.7 Å². The van der Waals surface area contributed by atoms with Gasteiger partial charge in [-0.15, -0.1) is 11.3 Å². The third kappa shape index (κ3) is 2.57. The third-order valence-electron chi connectivity index (χ3n) is 3.14. The van der Waals surface area contributed by atoms with Crippen LogP contribution in [0.4, 0.5) is 11.4 Å². The zero-order valence-electron chi connectivity index (χ0n) is 11.2. The van der Waals surface area contributed by atoms with E-state index in [1.807, 2.05) is 19.1 Å². The highest BCUT2D eigenvalue weighted by Gasteiger charge is 2.17. The van der Waals surface area contributed by atoms with Crippen molar-refractivity contribution in [3.8, 4) is 0 Å². The van der Waals surface area contributed by atoms with Crippen LogP contribution in [0.1, 0.15) is 15.2 Å². The summed E-state index contributed by atoms with van der Waals surface area (Å²) in [7, 11) is 0. The number of pyridine rings is 1. The van der Waals surface area contributed by atoms with E-state index in [1.54, 1.807) is 24.4 Å². The fraction of sp³-hybridized carbons (Fsp3) is 0.0667. The number of nitrogens with zero attached hydrogens (tertiary/aromatic N) is 1. The standard InChI is InChI=1S/C15H12ClN3OS/c1-8-4-5-9(7-11(8)16)19-14(20)13-12(17)10-3-2-6-18-15(10)21-13/h2-7H,17H2,1H3,(H,19,20). The molecule has 0 aliphatic rings. The highest BCUT2D eigenvalue weighted by Crippen LogP contribution is 2.32. The molecule has 3 rings (SSSR count). The molecule has 0 aliphatic heterocycles. The maximum Gasteiger partial charge on any atom is 0.267 e. The van der Waals surface area contributed by atoms with Crippen molar-refractivity contribution in [3.63, 3.8) is 0 Å². The van der Waals surface area contributed by atoms with Gasteiger partial charge in [0.05, 0.1) is 5.69 Å².